The smallest absolute Gasteiger partial charge is 0.265 e. The minimum absolute atomic E-state index is 0.194. The summed E-state index contributed by atoms with van der Waals surface area (Å²) < 4.78 is 58.0. The molecule has 0 fully saturated rings. The number of ether oxygens (including phenoxy) is 1. The van der Waals surface area contributed by atoms with Crippen LogP contribution in [0.4, 0.5) is 14.5 Å². The molecular weight excluding hydrogens is 368 g/mol. The van der Waals surface area contributed by atoms with E-state index in [0.717, 1.165) is 6.07 Å². The first kappa shape index (κ1) is 15.7. The summed E-state index contributed by atoms with van der Waals surface area (Å²) in [6.07, 6.45) is 0. The average Bonchev–Trinajstić information content (AvgIpc) is 2.37. The van der Waals surface area contributed by atoms with Crippen molar-refractivity contribution in [1.29, 1.82) is 0 Å². The van der Waals surface area contributed by atoms with Gasteiger partial charge in [0.25, 0.3) is 10.0 Å². The molecule has 0 bridgehead atoms. The largest absolute Gasteiger partial charge is 0.497 e. The molecule has 2 rings (SSSR count). The highest BCUT2D eigenvalue weighted by molar-refractivity contribution is 9.10. The van der Waals surface area contributed by atoms with Crippen LogP contribution < -0.4 is 9.46 Å². The van der Waals surface area contributed by atoms with E-state index in [4.69, 9.17) is 4.74 Å². The first-order valence-electron chi connectivity index (χ1n) is 5.65. The number of hydrogen-bond acceptors (Lipinski definition) is 3. The average molecular weight is 378 g/mol. The fourth-order valence-corrected chi connectivity index (χ4v) is 3.88. The second kappa shape index (κ2) is 5.98. The standard InChI is InChI=1S/C13H10BrF2NO3S/c1-20-10-4-2-9(3-5-10)17-21(18,19)13-11(14)6-8(15)7-12(13)16/h2-7,17H,1H3. The van der Waals surface area contributed by atoms with Gasteiger partial charge in [0.2, 0.25) is 0 Å². The van der Waals surface area contributed by atoms with Gasteiger partial charge in [-0.3, -0.25) is 4.72 Å². The van der Waals surface area contributed by atoms with Crippen molar-refractivity contribution in [3.8, 4) is 5.75 Å². The lowest BCUT2D eigenvalue weighted by Gasteiger charge is -2.11. The molecule has 0 aliphatic heterocycles. The number of halogens is 3. The molecule has 0 heterocycles. The third-order valence-electron chi connectivity index (χ3n) is 2.57. The first-order chi connectivity index (χ1) is 9.83. The van der Waals surface area contributed by atoms with E-state index in [-0.39, 0.29) is 10.2 Å². The molecule has 0 spiro atoms. The summed E-state index contributed by atoms with van der Waals surface area (Å²) in [6, 6.07) is 7.41. The summed E-state index contributed by atoms with van der Waals surface area (Å²) in [4.78, 5) is -0.653. The van der Waals surface area contributed by atoms with Crippen LogP contribution in [-0.2, 0) is 10.0 Å². The number of methoxy groups -OCH3 is 1. The molecule has 0 atom stereocenters. The maximum atomic E-state index is 13.7. The van der Waals surface area contributed by atoms with Crippen molar-refractivity contribution in [1.82, 2.24) is 0 Å². The Morgan fingerprint density at radius 3 is 2.29 bits per heavy atom. The summed E-state index contributed by atoms with van der Waals surface area (Å²) in [5.41, 5.74) is 0.228. The fraction of sp³-hybridized carbons (Fsp3) is 0.0769. The number of anilines is 1. The van der Waals surface area contributed by atoms with Gasteiger partial charge in [-0.1, -0.05) is 0 Å². The van der Waals surface area contributed by atoms with Crippen molar-refractivity contribution >= 4 is 31.6 Å². The van der Waals surface area contributed by atoms with Gasteiger partial charge in [-0.15, -0.1) is 0 Å². The molecule has 0 aromatic heterocycles. The van der Waals surface area contributed by atoms with Gasteiger partial charge in [0.15, 0.2) is 0 Å². The van der Waals surface area contributed by atoms with Gasteiger partial charge in [-0.2, -0.15) is 0 Å². The summed E-state index contributed by atoms with van der Waals surface area (Å²) in [5.74, 6) is -1.50. The number of nitrogens with one attached hydrogen (secondary N) is 1. The van der Waals surface area contributed by atoms with Crippen molar-refractivity contribution in [3.05, 3.63) is 52.5 Å². The molecule has 0 unspecified atom stereocenters. The predicted octanol–water partition coefficient (Wildman–Crippen LogP) is 3.54. The maximum Gasteiger partial charge on any atom is 0.265 e. The van der Waals surface area contributed by atoms with Crippen LogP contribution in [-0.4, -0.2) is 15.5 Å². The Hall–Kier alpha value is -1.67. The highest BCUT2D eigenvalue weighted by atomic mass is 79.9. The molecule has 0 amide bonds. The van der Waals surface area contributed by atoms with Gasteiger partial charge >= 0.3 is 0 Å². The predicted molar refractivity (Wildman–Crippen MR) is 77.9 cm³/mol. The Kier molecular flexibility index (Phi) is 4.48. The third-order valence-corrected chi connectivity index (χ3v) is 4.92. The van der Waals surface area contributed by atoms with Gasteiger partial charge in [0.05, 0.1) is 7.11 Å². The molecule has 2 aromatic carbocycles. The molecule has 0 saturated heterocycles. The molecule has 8 heteroatoms. The minimum Gasteiger partial charge on any atom is -0.497 e. The van der Waals surface area contributed by atoms with E-state index >= 15 is 0 Å². The molecule has 21 heavy (non-hydrogen) atoms. The van der Waals surface area contributed by atoms with Crippen LogP contribution in [0.25, 0.3) is 0 Å². The van der Waals surface area contributed by atoms with Gasteiger partial charge < -0.3 is 4.74 Å². The molecule has 0 aliphatic carbocycles. The monoisotopic (exact) mass is 377 g/mol. The summed E-state index contributed by atoms with van der Waals surface area (Å²) in [6.45, 7) is 0. The summed E-state index contributed by atoms with van der Waals surface area (Å²) in [5, 5.41) is 0. The zero-order valence-corrected chi connectivity index (χ0v) is 13.1. The molecule has 2 aromatic rings. The van der Waals surface area contributed by atoms with E-state index in [1.165, 1.54) is 19.2 Å². The topological polar surface area (TPSA) is 55.4 Å². The van der Waals surface area contributed by atoms with Crippen LogP contribution in [0.1, 0.15) is 0 Å². The van der Waals surface area contributed by atoms with Crippen molar-refractivity contribution in [2.24, 2.45) is 0 Å². The summed E-state index contributed by atoms with van der Waals surface area (Å²) in [7, 11) is -2.71. The molecule has 4 nitrogen and oxygen atoms in total. The Morgan fingerprint density at radius 2 is 1.76 bits per heavy atom. The number of hydrogen-bond donors (Lipinski definition) is 1. The van der Waals surface area contributed by atoms with Crippen LogP contribution in [0.5, 0.6) is 5.75 Å². The number of sulfonamides is 1. The normalized spacial score (nSPS) is 11.2. The van der Waals surface area contributed by atoms with Crippen LogP contribution >= 0.6 is 15.9 Å². The molecule has 0 radical (unpaired) electrons. The van der Waals surface area contributed by atoms with Crippen LogP contribution in [0.3, 0.4) is 0 Å². The van der Waals surface area contributed by atoms with Gasteiger partial charge in [0, 0.05) is 16.2 Å². The van der Waals surface area contributed by atoms with Crippen molar-refractivity contribution < 1.29 is 21.9 Å². The van der Waals surface area contributed by atoms with E-state index in [0.29, 0.717) is 11.8 Å². The van der Waals surface area contributed by atoms with Gasteiger partial charge in [-0.05, 0) is 46.3 Å². The lowest BCUT2D eigenvalue weighted by atomic mass is 10.3. The number of benzene rings is 2. The quantitative estimate of drug-likeness (QED) is 0.886. The SMILES string of the molecule is COc1ccc(NS(=O)(=O)c2c(F)cc(F)cc2Br)cc1. The Labute approximate surface area is 128 Å². The van der Waals surface area contributed by atoms with Crippen molar-refractivity contribution in [2.75, 3.05) is 11.8 Å². The first-order valence-corrected chi connectivity index (χ1v) is 7.92. The van der Waals surface area contributed by atoms with E-state index in [1.807, 2.05) is 0 Å². The van der Waals surface area contributed by atoms with Crippen LogP contribution in [0.15, 0.2) is 45.8 Å². The second-order valence-corrected chi connectivity index (χ2v) is 6.51. The molecule has 1 N–H and O–H groups in total. The Balaban J connectivity index is 2.38. The lowest BCUT2D eigenvalue weighted by molar-refractivity contribution is 0.415. The van der Waals surface area contributed by atoms with E-state index in [1.54, 1.807) is 12.1 Å². The maximum absolute atomic E-state index is 13.7. The fourth-order valence-electron chi connectivity index (χ4n) is 1.65. The molecule has 0 aliphatic rings. The van der Waals surface area contributed by atoms with E-state index < -0.39 is 26.6 Å². The summed E-state index contributed by atoms with van der Waals surface area (Å²) >= 11 is 2.85. The van der Waals surface area contributed by atoms with E-state index in [2.05, 4.69) is 20.7 Å². The highest BCUT2D eigenvalue weighted by Gasteiger charge is 2.23. The lowest BCUT2D eigenvalue weighted by Crippen LogP contribution is -2.15. The Bertz CT molecular complexity index is 740. The van der Waals surface area contributed by atoms with Crippen LogP contribution in [0, 0.1) is 11.6 Å². The minimum atomic E-state index is -4.19. The van der Waals surface area contributed by atoms with E-state index in [9.17, 15) is 17.2 Å². The Morgan fingerprint density at radius 1 is 1.14 bits per heavy atom. The van der Waals surface area contributed by atoms with Crippen LogP contribution in [0.2, 0.25) is 0 Å². The molecule has 112 valence electrons. The van der Waals surface area contributed by atoms with Crippen molar-refractivity contribution in [2.45, 2.75) is 4.90 Å². The zero-order valence-electron chi connectivity index (χ0n) is 10.7. The highest BCUT2D eigenvalue weighted by Crippen LogP contribution is 2.28. The molecule has 0 saturated carbocycles. The third kappa shape index (κ3) is 3.51. The van der Waals surface area contributed by atoms with Gasteiger partial charge in [-0.25, -0.2) is 17.2 Å². The second-order valence-electron chi connectivity index (χ2n) is 4.03. The van der Waals surface area contributed by atoms with Gasteiger partial charge in [0.1, 0.15) is 22.3 Å². The number of rotatable bonds is 4. The van der Waals surface area contributed by atoms with Crippen molar-refractivity contribution in [3.63, 3.8) is 0 Å². The zero-order chi connectivity index (χ0) is 15.6. The molecular formula is C13H10BrF2NO3S.